The average molecular weight is 832 g/mol. The maximum atomic E-state index is 12.4. The van der Waals surface area contributed by atoms with Gasteiger partial charge in [-0.05, 0) is 6.07 Å². The van der Waals surface area contributed by atoms with Crippen molar-refractivity contribution in [1.29, 1.82) is 0 Å². The van der Waals surface area contributed by atoms with Gasteiger partial charge in [0.05, 0.1) is 38.9 Å². The summed E-state index contributed by atoms with van der Waals surface area (Å²) >= 11 is 0. The minimum Gasteiger partial charge on any atom is -0.790 e. The van der Waals surface area contributed by atoms with Gasteiger partial charge in [0, 0.05) is 6.07 Å². The third-order valence-electron chi connectivity index (χ3n) is 6.91. The summed E-state index contributed by atoms with van der Waals surface area (Å²) in [5.74, 6) is -1.66. The number of carboxylic acids is 1. The number of aliphatic hydroxyl groups is 3. The van der Waals surface area contributed by atoms with Crippen LogP contribution in [0.25, 0.3) is 11.2 Å². The van der Waals surface area contributed by atoms with Crippen molar-refractivity contribution >= 4 is 46.4 Å². The Balaban J connectivity index is 0.00000338. The van der Waals surface area contributed by atoms with Gasteiger partial charge in [0.2, 0.25) is 0 Å². The molecule has 0 aliphatic carbocycles. The van der Waals surface area contributed by atoms with Gasteiger partial charge in [0.25, 0.3) is 21.9 Å². The molecule has 0 spiro atoms. The second-order valence-corrected chi connectivity index (χ2v) is 14.2. The number of pyridine rings is 1. The first-order valence-electron chi connectivity index (χ1n) is 13.2. The molecule has 2 aliphatic rings. The maximum Gasteiger partial charge on any atom is 1.00 e. The number of rotatable bonds is 13. The standard InChI is InChI=1S/C21H27N6O18P3.4Na/c22-17-12-18(24-7-23-17)27(8-25-12)20-16(44-46(33,34)35)14(29)11(43-20)6-41-48(38,39)45-47(36,37)40-5-10-13(28)15(30)19(42-10)26-3-1-2-9(4-26)21(31)32;;;;/h1-4,7-8,10-11,13-16,19-20,28-30H,5-6H2,(H6-,22,23,24,31,32,33,34,35,36,37,38,39);;;;/q;4*+1/p-4. The van der Waals surface area contributed by atoms with Gasteiger partial charge in [-0.2, -0.15) is 4.57 Å². The van der Waals surface area contributed by atoms with E-state index in [0.717, 1.165) is 28.0 Å². The number of imidazole rings is 1. The number of carbonyl (C=O) groups excluding carboxylic acids is 1. The van der Waals surface area contributed by atoms with Crippen LogP contribution in [-0.2, 0) is 41.1 Å². The molecule has 10 atom stereocenters. The molecule has 52 heavy (non-hydrogen) atoms. The van der Waals surface area contributed by atoms with E-state index < -0.39 is 91.7 Å². The molecule has 10 unspecified atom stereocenters. The zero-order chi connectivity index (χ0) is 35.2. The number of hydrogen-bond donors (Lipinski definition) is 4. The fourth-order valence-corrected chi connectivity index (χ4v) is 7.33. The van der Waals surface area contributed by atoms with Crippen molar-refractivity contribution in [2.24, 2.45) is 0 Å². The fraction of sp³-hybridized carbons (Fsp3) is 0.476. The molecule has 0 aromatic carbocycles. The molecule has 2 aliphatic heterocycles. The summed E-state index contributed by atoms with van der Waals surface area (Å²) in [4.78, 5) is 70.2. The van der Waals surface area contributed by atoms with E-state index in [1.165, 1.54) is 18.3 Å². The summed E-state index contributed by atoms with van der Waals surface area (Å²) in [6.45, 7) is -2.32. The van der Waals surface area contributed by atoms with Gasteiger partial charge in [-0.1, -0.05) is 0 Å². The van der Waals surface area contributed by atoms with E-state index in [-0.39, 0.29) is 141 Å². The number of aliphatic hydroxyl groups excluding tert-OH is 3. The Bertz CT molecular complexity index is 1830. The second kappa shape index (κ2) is 20.7. The molecule has 0 amide bonds. The maximum absolute atomic E-state index is 12.4. The summed E-state index contributed by atoms with van der Waals surface area (Å²) in [5, 5.41) is 42.4. The van der Waals surface area contributed by atoms with Crippen LogP contribution in [0.15, 0.2) is 37.2 Å². The Labute approximate surface area is 381 Å². The van der Waals surface area contributed by atoms with Crippen LogP contribution in [0.3, 0.4) is 0 Å². The van der Waals surface area contributed by atoms with Crippen molar-refractivity contribution in [3.8, 4) is 0 Å². The number of anilines is 1. The summed E-state index contributed by atoms with van der Waals surface area (Å²) in [7, 11) is -17.5. The number of nitrogen functional groups attached to an aromatic ring is 1. The first-order chi connectivity index (χ1) is 22.4. The van der Waals surface area contributed by atoms with E-state index >= 15 is 0 Å². The van der Waals surface area contributed by atoms with Crippen LogP contribution in [0, 0.1) is 0 Å². The van der Waals surface area contributed by atoms with E-state index in [1.807, 2.05) is 0 Å². The fourth-order valence-electron chi connectivity index (χ4n) is 4.78. The molecule has 264 valence electrons. The summed E-state index contributed by atoms with van der Waals surface area (Å²) < 4.78 is 66.4. The summed E-state index contributed by atoms with van der Waals surface area (Å²) in [6.07, 6.45) is -9.82. The number of carbonyl (C=O) groups is 1. The minimum absolute atomic E-state index is 0. The van der Waals surface area contributed by atoms with E-state index in [0.29, 0.717) is 0 Å². The van der Waals surface area contributed by atoms with Crippen LogP contribution in [0.2, 0.25) is 0 Å². The molecule has 2 saturated heterocycles. The molecule has 3 aromatic heterocycles. The zero-order valence-electron chi connectivity index (χ0n) is 27.6. The van der Waals surface area contributed by atoms with Gasteiger partial charge in [0.1, 0.15) is 42.4 Å². The van der Waals surface area contributed by atoms with Gasteiger partial charge in [0.15, 0.2) is 36.2 Å². The van der Waals surface area contributed by atoms with Crippen molar-refractivity contribution < 1.29 is 209 Å². The second-order valence-electron chi connectivity index (χ2n) is 10.1. The molecule has 24 nitrogen and oxygen atoms in total. The smallest absolute Gasteiger partial charge is 0.790 e. The van der Waals surface area contributed by atoms with Crippen LogP contribution < -0.4 is 153 Å². The van der Waals surface area contributed by atoms with E-state index in [2.05, 4.69) is 32.8 Å². The number of ether oxygens (including phenoxy) is 2. The minimum atomic E-state index is -5.88. The predicted molar refractivity (Wildman–Crippen MR) is 137 cm³/mol. The van der Waals surface area contributed by atoms with E-state index in [4.69, 9.17) is 15.2 Å². The molecular weight excluding hydrogens is 809 g/mol. The summed E-state index contributed by atoms with van der Waals surface area (Å²) in [5.41, 5.74) is 5.35. The number of nitrogens with zero attached hydrogens (tertiary/aromatic N) is 5. The molecule has 0 saturated carbocycles. The van der Waals surface area contributed by atoms with Crippen LogP contribution in [-0.4, -0.2) is 90.6 Å². The number of aromatic nitrogens is 5. The topological polar surface area (TPSA) is 373 Å². The molecule has 5 heterocycles. The van der Waals surface area contributed by atoms with Crippen LogP contribution in [0.5, 0.6) is 0 Å². The van der Waals surface area contributed by atoms with Crippen LogP contribution in [0.4, 0.5) is 5.82 Å². The van der Waals surface area contributed by atoms with Gasteiger partial charge in [-0.15, -0.1) is 0 Å². The Kier molecular flexibility index (Phi) is 20.4. The molecule has 5 N–H and O–H groups in total. The molecule has 2 fully saturated rings. The molecular formula is C21H23N6Na4O18P3. The molecule has 0 radical (unpaired) electrons. The first-order valence-corrected chi connectivity index (χ1v) is 17.6. The SMILES string of the molecule is Nc1ncnc2c1ncn2C1OC(COP(=O)([O-])OP(=O)([O-])OCC2OC([n+]3cccc(C(=O)[O-])c3)C(O)C2O)C(O)C1OP(=O)([O-])[O-].[Na+].[Na+].[Na+].[Na+]. The Morgan fingerprint density at radius 1 is 0.923 bits per heavy atom. The monoisotopic (exact) mass is 832 g/mol. The molecule has 3 aromatic rings. The van der Waals surface area contributed by atoms with Crippen LogP contribution in [0.1, 0.15) is 22.8 Å². The van der Waals surface area contributed by atoms with Crippen molar-refractivity contribution in [1.82, 2.24) is 19.5 Å². The van der Waals surface area contributed by atoms with Crippen molar-refractivity contribution in [2.45, 2.75) is 49.1 Å². The van der Waals surface area contributed by atoms with Crippen molar-refractivity contribution in [3.63, 3.8) is 0 Å². The normalized spacial score (nSPS) is 28.0. The predicted octanol–water partition coefficient (Wildman–Crippen LogP) is -18.1. The van der Waals surface area contributed by atoms with Crippen molar-refractivity contribution in [2.75, 3.05) is 18.9 Å². The van der Waals surface area contributed by atoms with Crippen LogP contribution >= 0.6 is 23.5 Å². The number of aromatic carboxylic acids is 1. The first kappa shape index (κ1) is 51.2. The third kappa shape index (κ3) is 12.6. The van der Waals surface area contributed by atoms with E-state index in [9.17, 15) is 58.5 Å². The Morgan fingerprint density at radius 2 is 1.52 bits per heavy atom. The number of carboxylic acid groups (broad SMARTS) is 1. The van der Waals surface area contributed by atoms with Gasteiger partial charge < -0.3 is 78.1 Å². The largest absolute Gasteiger partial charge is 1.00 e. The molecule has 31 heteroatoms. The number of phosphoric acid groups is 3. The number of hydrogen-bond acceptors (Lipinski definition) is 22. The van der Waals surface area contributed by atoms with Gasteiger partial charge in [-0.3, -0.25) is 13.7 Å². The number of phosphoric ester groups is 3. The molecule has 5 rings (SSSR count). The average Bonchev–Trinajstić information content (AvgIpc) is 3.64. The van der Waals surface area contributed by atoms with Gasteiger partial charge >= 0.3 is 118 Å². The molecule has 0 bridgehead atoms. The Morgan fingerprint density at radius 3 is 2.10 bits per heavy atom. The van der Waals surface area contributed by atoms with Crippen molar-refractivity contribution in [3.05, 3.63) is 42.7 Å². The Hall–Kier alpha value is 1.14. The summed E-state index contributed by atoms with van der Waals surface area (Å²) in [6, 6.07) is 2.44. The number of fused-ring (bicyclic) bond motifs is 1. The quantitative estimate of drug-likeness (QED) is 0.0705. The third-order valence-corrected chi connectivity index (χ3v) is 9.94. The van der Waals surface area contributed by atoms with E-state index in [1.54, 1.807) is 0 Å². The van der Waals surface area contributed by atoms with Gasteiger partial charge in [-0.25, -0.2) is 19.3 Å². The zero-order valence-corrected chi connectivity index (χ0v) is 38.3. The number of nitrogens with two attached hydrogens (primary N) is 1.